The van der Waals surface area contributed by atoms with Gasteiger partial charge in [-0.1, -0.05) is 0 Å². The Morgan fingerprint density at radius 1 is 0.975 bits per heavy atom. The number of ether oxygens (including phenoxy) is 1. The topological polar surface area (TPSA) is 116 Å². The molecule has 3 saturated heterocycles. The van der Waals surface area contributed by atoms with Crippen molar-refractivity contribution in [3.63, 3.8) is 0 Å². The molecule has 7 heterocycles. The second-order valence-electron chi connectivity index (χ2n) is 10.8. The third kappa shape index (κ3) is 5.19. The average Bonchev–Trinajstić information content (AvgIpc) is 3.69. The van der Waals surface area contributed by atoms with E-state index in [1.54, 1.807) is 11.3 Å². The molecule has 2 N–H and O–H groups in total. The van der Waals surface area contributed by atoms with Gasteiger partial charge in [0.25, 0.3) is 0 Å². The number of aliphatic hydroxyl groups is 1. The predicted molar refractivity (Wildman–Crippen MR) is 156 cm³/mol. The van der Waals surface area contributed by atoms with E-state index in [2.05, 4.69) is 41.0 Å². The van der Waals surface area contributed by atoms with Crippen molar-refractivity contribution in [1.82, 2.24) is 29.8 Å². The Labute approximate surface area is 236 Å². The normalized spacial score (nSPS) is 21.4. The minimum atomic E-state index is 0.186. The van der Waals surface area contributed by atoms with Crippen LogP contribution in [0.3, 0.4) is 0 Å². The van der Waals surface area contributed by atoms with Gasteiger partial charge in [0.05, 0.1) is 30.0 Å². The Kier molecular flexibility index (Phi) is 6.92. The number of aryl methyl sites for hydroxylation is 1. The maximum Gasteiger partial charge on any atom is 0.227 e. The van der Waals surface area contributed by atoms with Crippen molar-refractivity contribution >= 4 is 45.0 Å². The van der Waals surface area contributed by atoms with Gasteiger partial charge in [-0.25, -0.2) is 19.9 Å². The SMILES string of the molecule is Cc1cc(Nc2cc3nc(-c4ccnc(N5C[C@H]6COC[C@H]6C5)c4)sc3cn2)nc(N2CCN(CCO)CC2)n1. The van der Waals surface area contributed by atoms with Crippen molar-refractivity contribution in [2.24, 2.45) is 11.8 Å². The van der Waals surface area contributed by atoms with E-state index in [0.29, 0.717) is 36.0 Å². The van der Waals surface area contributed by atoms with Crippen LogP contribution >= 0.6 is 11.3 Å². The highest BCUT2D eigenvalue weighted by Gasteiger charge is 2.37. The molecule has 208 valence electrons. The van der Waals surface area contributed by atoms with Gasteiger partial charge in [0.1, 0.15) is 22.5 Å². The maximum atomic E-state index is 9.21. The van der Waals surface area contributed by atoms with E-state index in [1.165, 1.54) is 0 Å². The molecule has 0 aliphatic carbocycles. The van der Waals surface area contributed by atoms with E-state index < -0.39 is 0 Å². The molecular weight excluding hydrogens is 526 g/mol. The molecule has 0 spiro atoms. The van der Waals surface area contributed by atoms with Gasteiger partial charge in [0.15, 0.2) is 0 Å². The van der Waals surface area contributed by atoms with Gasteiger partial charge in [-0.2, -0.15) is 4.98 Å². The van der Waals surface area contributed by atoms with Gasteiger partial charge in [-0.15, -0.1) is 11.3 Å². The van der Waals surface area contributed by atoms with Gasteiger partial charge in [0.2, 0.25) is 5.95 Å². The molecule has 11 nitrogen and oxygen atoms in total. The summed E-state index contributed by atoms with van der Waals surface area (Å²) in [6.07, 6.45) is 3.76. The molecule has 40 heavy (non-hydrogen) atoms. The highest BCUT2D eigenvalue weighted by Crippen LogP contribution is 2.35. The molecule has 0 aromatic carbocycles. The van der Waals surface area contributed by atoms with Crippen molar-refractivity contribution in [2.75, 3.05) is 80.8 Å². The van der Waals surface area contributed by atoms with Crippen LogP contribution in [0.5, 0.6) is 0 Å². The number of fused-ring (bicyclic) bond motifs is 2. The summed E-state index contributed by atoms with van der Waals surface area (Å²) in [7, 11) is 0. The summed E-state index contributed by atoms with van der Waals surface area (Å²) in [5.74, 6) is 4.36. The van der Waals surface area contributed by atoms with Crippen LogP contribution < -0.4 is 15.1 Å². The molecule has 7 rings (SSSR count). The van der Waals surface area contributed by atoms with Gasteiger partial charge in [-0.05, 0) is 19.1 Å². The number of nitrogens with one attached hydrogen (secondary N) is 1. The zero-order chi connectivity index (χ0) is 27.1. The first-order chi connectivity index (χ1) is 19.6. The van der Waals surface area contributed by atoms with Crippen LogP contribution in [0.1, 0.15) is 5.69 Å². The highest BCUT2D eigenvalue weighted by atomic mass is 32.1. The monoisotopic (exact) mass is 559 g/mol. The first kappa shape index (κ1) is 25.5. The molecule has 4 aromatic heterocycles. The lowest BCUT2D eigenvalue weighted by molar-refractivity contribution is 0.177. The standard InChI is InChI=1S/C28H33N9O2S/c1-18-10-25(34-28(31-18)36-6-4-35(5-7-36)8-9-38)33-24-12-22-23(13-30-24)40-27(32-22)19-2-3-29-26(11-19)37-14-20-16-39-17-21(20)15-37/h2-3,10-13,20-21,38H,4-9,14-17H2,1H3,(H,30,31,33,34)/t20-,21+. The van der Waals surface area contributed by atoms with Crippen LogP contribution in [0.4, 0.5) is 23.4 Å². The molecular formula is C28H33N9O2S. The lowest BCUT2D eigenvalue weighted by Gasteiger charge is -2.34. The number of anilines is 4. The van der Waals surface area contributed by atoms with Crippen LogP contribution in [-0.4, -0.2) is 101 Å². The summed E-state index contributed by atoms with van der Waals surface area (Å²) in [4.78, 5) is 30.5. The fourth-order valence-electron chi connectivity index (χ4n) is 5.83. The van der Waals surface area contributed by atoms with Crippen LogP contribution in [-0.2, 0) is 4.74 Å². The lowest BCUT2D eigenvalue weighted by atomic mass is 10.0. The molecule has 0 amide bonds. The highest BCUT2D eigenvalue weighted by molar-refractivity contribution is 7.21. The number of pyridine rings is 2. The molecule has 0 saturated carbocycles. The Bertz CT molecular complexity index is 1490. The number of hydrogen-bond acceptors (Lipinski definition) is 12. The van der Waals surface area contributed by atoms with Gasteiger partial charge in [-0.3, -0.25) is 4.90 Å². The van der Waals surface area contributed by atoms with Gasteiger partial charge >= 0.3 is 0 Å². The van der Waals surface area contributed by atoms with E-state index in [0.717, 1.165) is 84.8 Å². The summed E-state index contributed by atoms with van der Waals surface area (Å²) >= 11 is 1.64. The Morgan fingerprint density at radius 2 is 1.80 bits per heavy atom. The second kappa shape index (κ2) is 10.8. The second-order valence-corrected chi connectivity index (χ2v) is 11.8. The summed E-state index contributed by atoms with van der Waals surface area (Å²) in [6.45, 7) is 10.0. The number of nitrogens with zero attached hydrogens (tertiary/aromatic N) is 8. The van der Waals surface area contributed by atoms with Crippen molar-refractivity contribution in [2.45, 2.75) is 6.92 Å². The van der Waals surface area contributed by atoms with E-state index in [-0.39, 0.29) is 6.61 Å². The Morgan fingerprint density at radius 3 is 2.60 bits per heavy atom. The zero-order valence-electron chi connectivity index (χ0n) is 22.5. The van der Waals surface area contributed by atoms with E-state index >= 15 is 0 Å². The quantitative estimate of drug-likeness (QED) is 0.348. The number of β-amino-alcohol motifs (C(OH)–C–C–N with tert-alkyl or cyclic N) is 1. The smallest absolute Gasteiger partial charge is 0.227 e. The van der Waals surface area contributed by atoms with E-state index in [4.69, 9.17) is 14.7 Å². The third-order valence-corrected chi connectivity index (χ3v) is 9.06. The van der Waals surface area contributed by atoms with Crippen LogP contribution in [0, 0.1) is 18.8 Å². The number of hydrogen-bond donors (Lipinski definition) is 2. The largest absolute Gasteiger partial charge is 0.395 e. The minimum absolute atomic E-state index is 0.186. The predicted octanol–water partition coefficient (Wildman–Crippen LogP) is 2.79. The van der Waals surface area contributed by atoms with Crippen molar-refractivity contribution in [3.8, 4) is 10.6 Å². The van der Waals surface area contributed by atoms with Crippen LogP contribution in [0.2, 0.25) is 0 Å². The zero-order valence-corrected chi connectivity index (χ0v) is 23.3. The van der Waals surface area contributed by atoms with Gasteiger partial charge in [0, 0.05) is 93.4 Å². The Balaban J connectivity index is 1.07. The first-order valence-electron chi connectivity index (χ1n) is 13.9. The number of aliphatic hydroxyl groups excluding tert-OH is 1. The summed E-state index contributed by atoms with van der Waals surface area (Å²) < 4.78 is 6.67. The average molecular weight is 560 g/mol. The third-order valence-electron chi connectivity index (χ3n) is 8.00. The molecule has 4 aromatic rings. The number of thiazole rings is 1. The summed E-state index contributed by atoms with van der Waals surface area (Å²) in [5.41, 5.74) is 2.86. The van der Waals surface area contributed by atoms with Crippen molar-refractivity contribution in [3.05, 3.63) is 42.4 Å². The molecule has 2 atom stereocenters. The molecule has 12 heteroatoms. The van der Waals surface area contributed by atoms with Gasteiger partial charge < -0.3 is 25.0 Å². The molecule has 3 fully saturated rings. The van der Waals surface area contributed by atoms with Crippen LogP contribution in [0.25, 0.3) is 20.8 Å². The van der Waals surface area contributed by atoms with Crippen LogP contribution in [0.15, 0.2) is 36.7 Å². The van der Waals surface area contributed by atoms with Crippen molar-refractivity contribution < 1.29 is 9.84 Å². The lowest BCUT2D eigenvalue weighted by Crippen LogP contribution is -2.47. The maximum absolute atomic E-state index is 9.21. The number of rotatable bonds is 7. The molecule has 0 bridgehead atoms. The van der Waals surface area contributed by atoms with E-state index in [9.17, 15) is 5.11 Å². The fourth-order valence-corrected chi connectivity index (χ4v) is 6.74. The summed E-state index contributed by atoms with van der Waals surface area (Å²) in [5, 5.41) is 13.5. The number of aromatic nitrogens is 5. The molecule has 3 aliphatic rings. The first-order valence-corrected chi connectivity index (χ1v) is 14.7. The Hall–Kier alpha value is -3.45. The molecule has 0 radical (unpaired) electrons. The number of piperazine rings is 1. The molecule has 0 unspecified atom stereocenters. The minimum Gasteiger partial charge on any atom is -0.395 e. The van der Waals surface area contributed by atoms with E-state index in [1.807, 2.05) is 37.5 Å². The fraction of sp³-hybridized carbons (Fsp3) is 0.464. The van der Waals surface area contributed by atoms with Crippen molar-refractivity contribution in [1.29, 1.82) is 0 Å². The summed E-state index contributed by atoms with van der Waals surface area (Å²) in [6, 6.07) is 8.09. The molecule has 3 aliphatic heterocycles.